The van der Waals surface area contributed by atoms with Crippen LogP contribution in [0.4, 0.5) is 0 Å². The second-order valence-electron chi connectivity index (χ2n) is 10.2. The molecule has 0 fully saturated rings. The van der Waals surface area contributed by atoms with Gasteiger partial charge >= 0.3 is 22.4 Å². The summed E-state index contributed by atoms with van der Waals surface area (Å²) < 4.78 is 0. The number of nitrogens with one attached hydrogen (secondary N) is 2. The molecule has 3 aromatic heterocycles. The fourth-order valence-electron chi connectivity index (χ4n) is 5.70. The molecule has 44 heavy (non-hydrogen) atoms. The van der Waals surface area contributed by atoms with Crippen molar-refractivity contribution >= 4 is 78.9 Å². The van der Waals surface area contributed by atoms with E-state index in [9.17, 15) is 0 Å². The van der Waals surface area contributed by atoms with Crippen molar-refractivity contribution in [3.05, 3.63) is 93.9 Å². The van der Waals surface area contributed by atoms with E-state index < -0.39 is 0 Å². The summed E-state index contributed by atoms with van der Waals surface area (Å²) in [6, 6.07) is 25.4. The average Bonchev–Trinajstić information content (AvgIpc) is 3.75. The number of halogens is 3. The van der Waals surface area contributed by atoms with Crippen molar-refractivity contribution in [2.45, 2.75) is 0 Å². The molecule has 0 saturated heterocycles. The van der Waals surface area contributed by atoms with Crippen LogP contribution in [0.2, 0.25) is 15.1 Å². The maximum Gasteiger partial charge on any atom is 1.00 e. The molecule has 2 aliphatic heterocycles. The normalized spacial score (nSPS) is 11.8. The van der Waals surface area contributed by atoms with Crippen LogP contribution >= 0.6 is 34.8 Å². The molecule has 4 aromatic carbocycles. The Morgan fingerprint density at radius 2 is 0.818 bits per heavy atom. The Bertz CT molecular complexity index is 2520. The number of hydrogen-bond donors (Lipinski definition) is 2. The molecule has 0 aliphatic carbocycles. The summed E-state index contributed by atoms with van der Waals surface area (Å²) in [4.78, 5) is 36.4. The van der Waals surface area contributed by atoms with E-state index >= 15 is 0 Å². The smallest absolute Gasteiger partial charge is 0.324 e. The maximum atomic E-state index is 6.79. The molecule has 0 atom stereocenters. The number of aromatic amines is 2. The summed E-state index contributed by atoms with van der Waals surface area (Å²) in [5.41, 5.74) is 5.56. The van der Waals surface area contributed by atoms with Crippen LogP contribution in [0.5, 0.6) is 0 Å². The van der Waals surface area contributed by atoms with Crippen molar-refractivity contribution in [1.82, 2.24) is 39.9 Å². The van der Waals surface area contributed by atoms with E-state index in [0.717, 1.165) is 33.0 Å². The first-order valence-corrected chi connectivity index (χ1v) is 14.4. The third kappa shape index (κ3) is 4.04. The second-order valence-corrected chi connectivity index (χ2v) is 11.3. The minimum atomic E-state index is 0. The zero-order valence-corrected chi connectivity index (χ0v) is 26.6. The fraction of sp³-hybridized carbons (Fsp3) is 0. The van der Waals surface area contributed by atoms with Crippen molar-refractivity contribution in [3.8, 4) is 45.6 Å². The molecule has 9 rings (SSSR count). The van der Waals surface area contributed by atoms with Crippen LogP contribution in [0.15, 0.2) is 78.9 Å². The van der Waals surface area contributed by atoms with Crippen LogP contribution in [0.3, 0.4) is 0 Å². The topological polar surface area (TPSA) is 109 Å². The van der Waals surface area contributed by atoms with Crippen molar-refractivity contribution in [3.63, 3.8) is 0 Å². The van der Waals surface area contributed by atoms with E-state index in [2.05, 4.69) is 9.97 Å². The van der Waals surface area contributed by atoms with E-state index in [1.807, 2.05) is 72.8 Å². The van der Waals surface area contributed by atoms with Gasteiger partial charge in [0.1, 0.15) is 22.6 Å². The average molecular weight is 815 g/mol. The van der Waals surface area contributed by atoms with Gasteiger partial charge in [0.15, 0.2) is 23.3 Å². The molecule has 8 bridgehead atoms. The summed E-state index contributed by atoms with van der Waals surface area (Å²) in [6.45, 7) is 0. The quantitative estimate of drug-likeness (QED) is 0.117. The number of aromatic nitrogens is 8. The largest absolute Gasteiger partial charge is 1.00 e. The van der Waals surface area contributed by atoms with Gasteiger partial charge in [-0.2, -0.15) is 0 Å². The SMILES string of the molecule is Clc1cc2c3nc4nc(nc5[nH]c(nc6nc(nc([nH]3)c2c(Cl)c1Cl)-c1ccccc1-6)c1ccccc51)-c1ccccc1-4.[Au+]. The van der Waals surface area contributed by atoms with Crippen molar-refractivity contribution in [2.75, 3.05) is 0 Å². The van der Waals surface area contributed by atoms with Gasteiger partial charge in [0, 0.05) is 43.8 Å². The Hall–Kier alpha value is -4.15. The predicted octanol–water partition coefficient (Wildman–Crippen LogP) is 8.83. The summed E-state index contributed by atoms with van der Waals surface area (Å²) >= 11 is 19.8. The van der Waals surface area contributed by atoms with E-state index in [1.54, 1.807) is 6.07 Å². The molecule has 0 radical (unpaired) electrons. The Morgan fingerprint density at radius 3 is 1.30 bits per heavy atom. The molecular weight excluding hydrogens is 800 g/mol. The van der Waals surface area contributed by atoms with Gasteiger partial charge in [-0.25, -0.2) is 29.9 Å². The van der Waals surface area contributed by atoms with Crippen LogP contribution in [0.1, 0.15) is 0 Å². The molecule has 7 aromatic rings. The molecular formula is C32H15AuCl3N8+. The predicted molar refractivity (Wildman–Crippen MR) is 171 cm³/mol. The molecule has 12 heteroatoms. The van der Waals surface area contributed by atoms with Gasteiger partial charge in [0.25, 0.3) is 0 Å². The van der Waals surface area contributed by atoms with Gasteiger partial charge in [-0.1, -0.05) is 108 Å². The van der Waals surface area contributed by atoms with Crippen LogP contribution in [0.25, 0.3) is 89.7 Å². The summed E-state index contributed by atoms with van der Waals surface area (Å²) in [5.74, 6) is 2.00. The Morgan fingerprint density at radius 1 is 0.432 bits per heavy atom. The maximum absolute atomic E-state index is 6.79. The number of hydrogen-bond acceptors (Lipinski definition) is 6. The molecule has 0 spiro atoms. The van der Waals surface area contributed by atoms with Crippen LogP contribution in [-0.4, -0.2) is 39.9 Å². The van der Waals surface area contributed by atoms with Crippen molar-refractivity contribution < 1.29 is 22.4 Å². The molecule has 0 saturated carbocycles. The number of rotatable bonds is 0. The zero-order valence-electron chi connectivity index (χ0n) is 22.1. The molecule has 8 nitrogen and oxygen atoms in total. The minimum absolute atomic E-state index is 0. The summed E-state index contributed by atoms with van der Waals surface area (Å²) in [7, 11) is 0. The van der Waals surface area contributed by atoms with Gasteiger partial charge in [0.2, 0.25) is 0 Å². The van der Waals surface area contributed by atoms with Gasteiger partial charge in [-0.05, 0) is 6.07 Å². The van der Waals surface area contributed by atoms with E-state index in [-0.39, 0.29) is 32.4 Å². The monoisotopic (exact) mass is 813 g/mol. The fourth-order valence-corrected chi connectivity index (χ4v) is 6.39. The van der Waals surface area contributed by atoms with Gasteiger partial charge < -0.3 is 9.97 Å². The molecule has 2 aliphatic rings. The summed E-state index contributed by atoms with van der Waals surface area (Å²) in [5, 5.41) is 3.84. The zero-order chi connectivity index (χ0) is 28.8. The van der Waals surface area contributed by atoms with Crippen molar-refractivity contribution in [1.29, 1.82) is 0 Å². The number of fused-ring (bicyclic) bond motifs is 20. The number of nitrogens with zero attached hydrogens (tertiary/aromatic N) is 6. The third-order valence-electron chi connectivity index (χ3n) is 7.68. The first kappa shape index (κ1) is 27.4. The first-order valence-electron chi connectivity index (χ1n) is 13.3. The molecule has 0 unspecified atom stereocenters. The van der Waals surface area contributed by atoms with Crippen LogP contribution < -0.4 is 0 Å². The van der Waals surface area contributed by atoms with Crippen LogP contribution in [0, 0.1) is 0 Å². The minimum Gasteiger partial charge on any atom is -0.324 e. The van der Waals surface area contributed by atoms with Gasteiger partial charge in [-0.15, -0.1) is 0 Å². The number of benzene rings is 4. The van der Waals surface area contributed by atoms with Crippen LogP contribution in [-0.2, 0) is 22.4 Å². The van der Waals surface area contributed by atoms with E-state index in [0.29, 0.717) is 61.7 Å². The number of H-pyrrole nitrogens is 2. The molecule has 5 heterocycles. The third-order valence-corrected chi connectivity index (χ3v) is 8.94. The Balaban J connectivity index is 0.00000289. The first-order chi connectivity index (χ1) is 21.0. The standard InChI is InChI=1S/C32H15Cl3N8.Au/c33-21-13-20-22(24(35)23(21)34)32-42-30-19-12-6-5-11-18(19)28(40-30)38-26-15-8-2-1-7-14(15)25(36-26)37-27-16-9-3-4-10-17(16)29(39-27)41-31(20)43-32;/h1-13H,(H2,36,37,38,39,40,41,42,43);/q;+1. The van der Waals surface area contributed by atoms with E-state index in [1.165, 1.54) is 0 Å². The Labute approximate surface area is 279 Å². The van der Waals surface area contributed by atoms with Gasteiger partial charge in [-0.3, -0.25) is 0 Å². The second kappa shape index (κ2) is 10.2. The molecule has 2 N–H and O–H groups in total. The van der Waals surface area contributed by atoms with Gasteiger partial charge in [0.05, 0.1) is 15.1 Å². The summed E-state index contributed by atoms with van der Waals surface area (Å²) in [6.07, 6.45) is 0. The molecule has 0 amide bonds. The van der Waals surface area contributed by atoms with Crippen molar-refractivity contribution in [2.24, 2.45) is 0 Å². The Kier molecular flexibility index (Phi) is 6.36. The molecule has 214 valence electrons. The van der Waals surface area contributed by atoms with E-state index in [4.69, 9.17) is 64.7 Å².